The van der Waals surface area contributed by atoms with Crippen molar-refractivity contribution in [2.75, 3.05) is 11.9 Å². The van der Waals surface area contributed by atoms with Gasteiger partial charge in [-0.2, -0.15) is 5.26 Å². The number of furan rings is 1. The molecular formula is C29H21N3O4S. The fourth-order valence-corrected chi connectivity index (χ4v) is 4.88. The van der Waals surface area contributed by atoms with Crippen LogP contribution in [0.5, 0.6) is 0 Å². The lowest BCUT2D eigenvalue weighted by Gasteiger charge is -2.05. The van der Waals surface area contributed by atoms with Gasteiger partial charge in [0, 0.05) is 17.5 Å². The van der Waals surface area contributed by atoms with Crippen LogP contribution >= 0.6 is 11.3 Å². The first-order valence-corrected chi connectivity index (χ1v) is 12.4. The molecule has 0 spiro atoms. The van der Waals surface area contributed by atoms with Crippen molar-refractivity contribution in [3.63, 3.8) is 0 Å². The number of nitrogens with one attached hydrogen (secondary N) is 1. The molecule has 8 heteroatoms. The third kappa shape index (κ3) is 5.42. The summed E-state index contributed by atoms with van der Waals surface area (Å²) in [4.78, 5) is 29.3. The largest absolute Gasteiger partial charge is 0.456 e. The lowest BCUT2D eigenvalue weighted by Crippen LogP contribution is -2.21. The molecule has 0 fully saturated rings. The molecule has 5 aromatic rings. The van der Waals surface area contributed by atoms with Gasteiger partial charge >= 0.3 is 5.97 Å². The Kier molecular flexibility index (Phi) is 7.06. The number of fused-ring (bicyclic) bond motifs is 1. The van der Waals surface area contributed by atoms with Gasteiger partial charge in [0.25, 0.3) is 5.91 Å². The van der Waals surface area contributed by atoms with E-state index in [9.17, 15) is 14.9 Å². The van der Waals surface area contributed by atoms with Gasteiger partial charge in [-0.25, -0.2) is 4.98 Å². The third-order valence-electron chi connectivity index (χ3n) is 5.62. The number of para-hydroxylation sites is 1. The van der Waals surface area contributed by atoms with Crippen molar-refractivity contribution in [2.24, 2.45) is 0 Å². The molecular weight excluding hydrogens is 486 g/mol. The van der Waals surface area contributed by atoms with Gasteiger partial charge in [0.2, 0.25) is 5.88 Å². The van der Waals surface area contributed by atoms with Crippen LogP contribution < -0.4 is 5.32 Å². The Bertz CT molecular complexity index is 1570. The van der Waals surface area contributed by atoms with E-state index in [4.69, 9.17) is 9.15 Å². The number of amides is 1. The van der Waals surface area contributed by atoms with Gasteiger partial charge in [0.05, 0.1) is 21.6 Å². The number of aromatic nitrogens is 1. The smallest absolute Gasteiger partial charge is 0.306 e. The minimum Gasteiger partial charge on any atom is -0.456 e. The molecule has 1 amide bonds. The minimum absolute atomic E-state index is 0.00994. The second-order valence-corrected chi connectivity index (χ2v) is 9.25. The maximum atomic E-state index is 12.6. The average molecular weight is 508 g/mol. The Morgan fingerprint density at radius 2 is 1.62 bits per heavy atom. The number of anilines is 1. The lowest BCUT2D eigenvalue weighted by molar-refractivity contribution is -0.147. The molecule has 2 aromatic heterocycles. The van der Waals surface area contributed by atoms with Crippen LogP contribution in [-0.4, -0.2) is 23.5 Å². The monoisotopic (exact) mass is 507 g/mol. The third-order valence-corrected chi connectivity index (χ3v) is 6.71. The highest BCUT2D eigenvalue weighted by Gasteiger charge is 2.24. The van der Waals surface area contributed by atoms with Crippen LogP contribution in [0.25, 0.3) is 32.7 Å². The normalized spacial score (nSPS) is 10.7. The van der Waals surface area contributed by atoms with E-state index >= 15 is 0 Å². The molecule has 0 saturated heterocycles. The number of rotatable bonds is 8. The fourth-order valence-electron chi connectivity index (χ4n) is 3.92. The summed E-state index contributed by atoms with van der Waals surface area (Å²) in [6.07, 6.45) is 0.533. The predicted molar refractivity (Wildman–Crippen MR) is 142 cm³/mol. The quantitative estimate of drug-likeness (QED) is 0.250. The number of nitriles is 1. The van der Waals surface area contributed by atoms with Crippen LogP contribution in [0.4, 0.5) is 5.88 Å². The van der Waals surface area contributed by atoms with E-state index in [0.29, 0.717) is 17.7 Å². The van der Waals surface area contributed by atoms with Gasteiger partial charge in [-0.3, -0.25) is 14.9 Å². The van der Waals surface area contributed by atoms with Crippen molar-refractivity contribution in [3.05, 3.63) is 95.5 Å². The fraction of sp³-hybridized carbons (Fsp3) is 0.103. The standard InChI is InChI=1S/C29H21N3O4S/c30-17-21-27(19-9-3-1-4-10-19)28(20-11-5-2-6-12-20)36-29(21)32-24(33)18-35-26(34)16-15-25-31-22-13-7-8-14-23(22)37-25/h1-14H,15-16,18H2,(H,32,33). The SMILES string of the molecule is N#Cc1c(NC(=O)COC(=O)CCc2nc3ccccc3s2)oc(-c2ccccc2)c1-c1ccccc1. The van der Waals surface area contributed by atoms with Crippen LogP contribution in [-0.2, 0) is 20.7 Å². The number of carbonyl (C=O) groups is 2. The second-order valence-electron chi connectivity index (χ2n) is 8.14. The summed E-state index contributed by atoms with van der Waals surface area (Å²) >= 11 is 1.53. The number of hydrogen-bond donors (Lipinski definition) is 1. The van der Waals surface area contributed by atoms with Crippen molar-refractivity contribution >= 4 is 39.3 Å². The summed E-state index contributed by atoms with van der Waals surface area (Å²) in [6, 6.07) is 28.6. The van der Waals surface area contributed by atoms with Crippen LogP contribution in [0, 0.1) is 11.3 Å². The highest BCUT2D eigenvalue weighted by molar-refractivity contribution is 7.18. The Labute approximate surface area is 217 Å². The summed E-state index contributed by atoms with van der Waals surface area (Å²) in [7, 11) is 0. The summed E-state index contributed by atoms with van der Waals surface area (Å²) < 4.78 is 12.2. The first kappa shape index (κ1) is 24.0. The molecule has 0 saturated carbocycles. The Balaban J connectivity index is 1.27. The van der Waals surface area contributed by atoms with Crippen LogP contribution in [0.3, 0.4) is 0 Å². The predicted octanol–water partition coefficient (Wildman–Crippen LogP) is 6.21. The number of carbonyl (C=O) groups excluding carboxylic acids is 2. The van der Waals surface area contributed by atoms with E-state index in [0.717, 1.165) is 26.4 Å². The van der Waals surface area contributed by atoms with E-state index in [2.05, 4.69) is 16.4 Å². The zero-order chi connectivity index (χ0) is 25.6. The van der Waals surface area contributed by atoms with Crippen molar-refractivity contribution < 1.29 is 18.7 Å². The number of hydrogen-bond acceptors (Lipinski definition) is 7. The van der Waals surface area contributed by atoms with Gasteiger partial charge in [-0.1, -0.05) is 72.8 Å². The number of benzene rings is 3. The first-order chi connectivity index (χ1) is 18.1. The topological polar surface area (TPSA) is 105 Å². The zero-order valence-electron chi connectivity index (χ0n) is 19.6. The molecule has 0 bridgehead atoms. The molecule has 0 aliphatic carbocycles. The number of thiazole rings is 1. The maximum absolute atomic E-state index is 12.6. The molecule has 37 heavy (non-hydrogen) atoms. The average Bonchev–Trinajstić information content (AvgIpc) is 3.52. The van der Waals surface area contributed by atoms with Crippen molar-refractivity contribution in [1.29, 1.82) is 5.26 Å². The van der Waals surface area contributed by atoms with E-state index in [1.807, 2.05) is 84.9 Å². The van der Waals surface area contributed by atoms with Gasteiger partial charge in [-0.15, -0.1) is 11.3 Å². The first-order valence-electron chi connectivity index (χ1n) is 11.6. The Morgan fingerprint density at radius 1 is 0.946 bits per heavy atom. The molecule has 0 atom stereocenters. The van der Waals surface area contributed by atoms with Crippen molar-refractivity contribution in [1.82, 2.24) is 4.98 Å². The number of ether oxygens (including phenoxy) is 1. The second kappa shape index (κ2) is 10.9. The molecule has 7 nitrogen and oxygen atoms in total. The summed E-state index contributed by atoms with van der Waals surface area (Å²) in [5, 5.41) is 13.4. The Hall–Kier alpha value is -4.74. The molecule has 5 rings (SSSR count). The van der Waals surface area contributed by atoms with Crippen LogP contribution in [0.1, 0.15) is 17.0 Å². The van der Waals surface area contributed by atoms with Crippen molar-refractivity contribution in [2.45, 2.75) is 12.8 Å². The van der Waals surface area contributed by atoms with Gasteiger partial charge in [0.15, 0.2) is 6.61 Å². The highest BCUT2D eigenvalue weighted by Crippen LogP contribution is 2.41. The van der Waals surface area contributed by atoms with E-state index in [1.165, 1.54) is 11.3 Å². The van der Waals surface area contributed by atoms with E-state index in [1.54, 1.807) is 0 Å². The molecule has 0 aliphatic rings. The zero-order valence-corrected chi connectivity index (χ0v) is 20.5. The molecule has 3 aromatic carbocycles. The summed E-state index contributed by atoms with van der Waals surface area (Å²) in [6.45, 7) is -0.494. The summed E-state index contributed by atoms with van der Waals surface area (Å²) in [5.41, 5.74) is 3.22. The molecule has 0 radical (unpaired) electrons. The van der Waals surface area contributed by atoms with Gasteiger partial charge < -0.3 is 9.15 Å². The van der Waals surface area contributed by atoms with Crippen LogP contribution in [0.2, 0.25) is 0 Å². The van der Waals surface area contributed by atoms with Gasteiger partial charge in [0.1, 0.15) is 17.4 Å². The van der Waals surface area contributed by atoms with Crippen molar-refractivity contribution in [3.8, 4) is 28.5 Å². The van der Waals surface area contributed by atoms with Crippen LogP contribution in [0.15, 0.2) is 89.3 Å². The highest BCUT2D eigenvalue weighted by atomic mass is 32.1. The molecule has 2 heterocycles. The van der Waals surface area contributed by atoms with E-state index in [-0.39, 0.29) is 17.9 Å². The van der Waals surface area contributed by atoms with Gasteiger partial charge in [-0.05, 0) is 17.7 Å². The number of esters is 1. The van der Waals surface area contributed by atoms with E-state index < -0.39 is 18.5 Å². The molecule has 182 valence electrons. The summed E-state index contributed by atoms with van der Waals surface area (Å²) in [5.74, 6) is -0.635. The molecule has 0 unspecified atom stereocenters. The lowest BCUT2D eigenvalue weighted by atomic mass is 9.98. The Morgan fingerprint density at radius 3 is 2.32 bits per heavy atom. The number of aryl methyl sites for hydroxylation is 1. The molecule has 0 aliphatic heterocycles. The number of nitrogens with zero attached hydrogens (tertiary/aromatic N) is 2. The minimum atomic E-state index is -0.599. The molecule has 1 N–H and O–H groups in total. The maximum Gasteiger partial charge on any atom is 0.306 e.